The Morgan fingerprint density at radius 3 is 2.25 bits per heavy atom. The fourth-order valence-corrected chi connectivity index (χ4v) is 2.76. The molecule has 1 saturated heterocycles. The van der Waals surface area contributed by atoms with Crippen molar-refractivity contribution in [3.63, 3.8) is 0 Å². The molecule has 132 valence electrons. The van der Waals surface area contributed by atoms with Crippen LogP contribution >= 0.6 is 0 Å². The second-order valence-electron chi connectivity index (χ2n) is 5.91. The number of piperazine rings is 1. The highest BCUT2D eigenvalue weighted by Gasteiger charge is 2.25. The fourth-order valence-electron chi connectivity index (χ4n) is 2.76. The van der Waals surface area contributed by atoms with Gasteiger partial charge in [-0.15, -0.1) is 0 Å². The van der Waals surface area contributed by atoms with Gasteiger partial charge in [-0.3, -0.25) is 9.48 Å². The van der Waals surface area contributed by atoms with Crippen LogP contribution in [0.4, 0.5) is 4.79 Å². The Balaban J connectivity index is 1.89. The molecule has 0 aliphatic carbocycles. The maximum Gasteiger partial charge on any atom is 0.320 e. The number of aromatic nitrogens is 2. The van der Waals surface area contributed by atoms with Crippen LogP contribution in [-0.2, 0) is 11.8 Å². The number of amides is 3. The third kappa shape index (κ3) is 3.96. The van der Waals surface area contributed by atoms with E-state index in [1.807, 2.05) is 37.6 Å². The molecule has 0 N–H and O–H groups in total. The van der Waals surface area contributed by atoms with Crippen LogP contribution in [0.15, 0.2) is 12.3 Å². The largest absolute Gasteiger partial charge is 0.336 e. The molecule has 1 aliphatic heterocycles. The zero-order valence-corrected chi connectivity index (χ0v) is 15.0. The molecule has 0 spiro atoms. The topological polar surface area (TPSA) is 61.7 Å². The molecule has 1 aromatic heterocycles. The van der Waals surface area contributed by atoms with E-state index in [4.69, 9.17) is 0 Å². The summed E-state index contributed by atoms with van der Waals surface area (Å²) in [6, 6.07) is 0.0635. The minimum absolute atomic E-state index is 0.0202. The summed E-state index contributed by atoms with van der Waals surface area (Å²) in [7, 11) is 1.88. The van der Waals surface area contributed by atoms with Crippen molar-refractivity contribution in [3.05, 3.63) is 23.5 Å². The Hall–Kier alpha value is -2.31. The van der Waals surface area contributed by atoms with Gasteiger partial charge in [0.1, 0.15) is 0 Å². The highest BCUT2D eigenvalue weighted by atomic mass is 16.2. The molecule has 1 aliphatic rings. The number of rotatable bonds is 4. The second kappa shape index (κ2) is 7.99. The standard InChI is InChI=1S/C17H27N5O2/c1-5-20(6-2)17(24)22-11-9-21(10-12-22)16(23)8-7-15-13-18-19(4)14(15)3/h7-8,13H,5-6,9-12H2,1-4H3. The van der Waals surface area contributed by atoms with Gasteiger partial charge in [-0.25, -0.2) is 4.79 Å². The van der Waals surface area contributed by atoms with Gasteiger partial charge >= 0.3 is 6.03 Å². The normalized spacial score (nSPS) is 15.2. The van der Waals surface area contributed by atoms with Gasteiger partial charge in [0.05, 0.1) is 6.20 Å². The summed E-state index contributed by atoms with van der Waals surface area (Å²) in [5, 5.41) is 4.16. The van der Waals surface area contributed by atoms with E-state index in [2.05, 4.69) is 5.10 Å². The van der Waals surface area contributed by atoms with E-state index in [0.717, 1.165) is 11.3 Å². The third-order valence-electron chi connectivity index (χ3n) is 4.57. The van der Waals surface area contributed by atoms with Crippen molar-refractivity contribution < 1.29 is 9.59 Å². The second-order valence-corrected chi connectivity index (χ2v) is 5.91. The predicted molar refractivity (Wildman–Crippen MR) is 93.4 cm³/mol. The van der Waals surface area contributed by atoms with Gasteiger partial charge in [-0.2, -0.15) is 5.10 Å². The minimum Gasteiger partial charge on any atom is -0.336 e. The number of aryl methyl sites for hydroxylation is 1. The Bertz CT molecular complexity index is 610. The van der Waals surface area contributed by atoms with Crippen LogP contribution in [0.1, 0.15) is 25.1 Å². The quantitative estimate of drug-likeness (QED) is 0.782. The number of carbonyl (C=O) groups is 2. The van der Waals surface area contributed by atoms with E-state index in [9.17, 15) is 9.59 Å². The molecule has 0 saturated carbocycles. The van der Waals surface area contributed by atoms with Gasteiger partial charge in [-0.05, 0) is 26.8 Å². The first-order chi connectivity index (χ1) is 11.5. The average Bonchev–Trinajstić information content (AvgIpc) is 2.92. The molecule has 0 unspecified atom stereocenters. The van der Waals surface area contributed by atoms with E-state index in [0.29, 0.717) is 39.3 Å². The van der Waals surface area contributed by atoms with Crippen molar-refractivity contribution in [1.82, 2.24) is 24.5 Å². The molecular weight excluding hydrogens is 306 g/mol. The van der Waals surface area contributed by atoms with Crippen LogP contribution in [0.25, 0.3) is 6.08 Å². The van der Waals surface area contributed by atoms with Crippen molar-refractivity contribution in [1.29, 1.82) is 0 Å². The monoisotopic (exact) mass is 333 g/mol. The smallest absolute Gasteiger partial charge is 0.320 e. The maximum atomic E-state index is 12.3. The van der Waals surface area contributed by atoms with Gasteiger partial charge in [0.15, 0.2) is 0 Å². The zero-order chi connectivity index (χ0) is 17.7. The van der Waals surface area contributed by atoms with Crippen LogP contribution in [0.3, 0.4) is 0 Å². The molecule has 2 heterocycles. The van der Waals surface area contributed by atoms with Crippen LogP contribution in [0, 0.1) is 6.92 Å². The third-order valence-corrected chi connectivity index (χ3v) is 4.57. The first kappa shape index (κ1) is 18.0. The number of carbonyl (C=O) groups excluding carboxylic acids is 2. The summed E-state index contributed by atoms with van der Waals surface area (Å²) >= 11 is 0. The summed E-state index contributed by atoms with van der Waals surface area (Å²) in [5.41, 5.74) is 1.97. The lowest BCUT2D eigenvalue weighted by molar-refractivity contribution is -0.127. The SMILES string of the molecule is CCN(CC)C(=O)N1CCN(C(=O)C=Cc2cnn(C)c2C)CC1. The summed E-state index contributed by atoms with van der Waals surface area (Å²) in [4.78, 5) is 30.0. The summed E-state index contributed by atoms with van der Waals surface area (Å²) < 4.78 is 1.78. The molecule has 0 aromatic carbocycles. The van der Waals surface area contributed by atoms with E-state index in [1.165, 1.54) is 0 Å². The highest BCUT2D eigenvalue weighted by Crippen LogP contribution is 2.10. The summed E-state index contributed by atoms with van der Waals surface area (Å²) in [6.07, 6.45) is 5.14. The summed E-state index contributed by atoms with van der Waals surface area (Å²) in [5.74, 6) is -0.0202. The Kier molecular flexibility index (Phi) is 6.00. The van der Waals surface area contributed by atoms with Crippen molar-refractivity contribution in [2.45, 2.75) is 20.8 Å². The molecular formula is C17H27N5O2. The highest BCUT2D eigenvalue weighted by molar-refractivity contribution is 5.92. The first-order valence-electron chi connectivity index (χ1n) is 8.47. The molecule has 3 amide bonds. The number of hydrogen-bond donors (Lipinski definition) is 0. The van der Waals surface area contributed by atoms with Crippen molar-refractivity contribution in [3.8, 4) is 0 Å². The van der Waals surface area contributed by atoms with Crippen LogP contribution < -0.4 is 0 Å². The fraction of sp³-hybridized carbons (Fsp3) is 0.588. The molecule has 0 bridgehead atoms. The number of hydrogen-bond acceptors (Lipinski definition) is 3. The lowest BCUT2D eigenvalue weighted by Gasteiger charge is -2.36. The van der Waals surface area contributed by atoms with Gasteiger partial charge in [0.2, 0.25) is 5.91 Å². The van der Waals surface area contributed by atoms with Gasteiger partial charge in [-0.1, -0.05) is 0 Å². The van der Waals surface area contributed by atoms with Crippen molar-refractivity contribution in [2.75, 3.05) is 39.3 Å². The molecule has 0 radical (unpaired) electrons. The molecule has 24 heavy (non-hydrogen) atoms. The predicted octanol–water partition coefficient (Wildman–Crippen LogP) is 1.35. The molecule has 1 aromatic rings. The Morgan fingerprint density at radius 1 is 1.17 bits per heavy atom. The van der Waals surface area contributed by atoms with Crippen molar-refractivity contribution >= 4 is 18.0 Å². The van der Waals surface area contributed by atoms with Crippen LogP contribution in [0.2, 0.25) is 0 Å². The van der Waals surface area contributed by atoms with Crippen LogP contribution in [0.5, 0.6) is 0 Å². The summed E-state index contributed by atoms with van der Waals surface area (Å²) in [6.45, 7) is 9.66. The first-order valence-corrected chi connectivity index (χ1v) is 8.47. The van der Waals surface area contributed by atoms with E-state index < -0.39 is 0 Å². The van der Waals surface area contributed by atoms with Gasteiger partial charge in [0, 0.05) is 63.6 Å². The Labute approximate surface area is 143 Å². The minimum atomic E-state index is -0.0202. The number of nitrogens with zero attached hydrogens (tertiary/aromatic N) is 5. The average molecular weight is 333 g/mol. The van der Waals surface area contributed by atoms with Gasteiger partial charge < -0.3 is 14.7 Å². The van der Waals surface area contributed by atoms with Gasteiger partial charge in [0.25, 0.3) is 0 Å². The maximum absolute atomic E-state index is 12.3. The van der Waals surface area contributed by atoms with E-state index in [-0.39, 0.29) is 11.9 Å². The Morgan fingerprint density at radius 2 is 1.75 bits per heavy atom. The molecule has 0 atom stereocenters. The number of urea groups is 1. The van der Waals surface area contributed by atoms with Crippen molar-refractivity contribution in [2.24, 2.45) is 7.05 Å². The molecule has 7 heteroatoms. The molecule has 7 nitrogen and oxygen atoms in total. The lowest BCUT2D eigenvalue weighted by atomic mass is 10.2. The lowest BCUT2D eigenvalue weighted by Crippen LogP contribution is -2.53. The van der Waals surface area contributed by atoms with Crippen LogP contribution in [-0.4, -0.2) is 75.7 Å². The van der Waals surface area contributed by atoms with E-state index >= 15 is 0 Å². The van der Waals surface area contributed by atoms with E-state index in [1.54, 1.807) is 27.9 Å². The molecule has 2 rings (SSSR count). The zero-order valence-electron chi connectivity index (χ0n) is 15.0. The molecule has 1 fully saturated rings.